The molecule has 7 heteroatoms. The van der Waals surface area contributed by atoms with Crippen LogP contribution in [0.15, 0.2) is 4.79 Å². The fraction of sp³-hybridized carbons (Fsp3) is 0.273. The van der Waals surface area contributed by atoms with E-state index in [1.807, 2.05) is 0 Å². The number of nitrogens with one attached hydrogen (secondary N) is 1. The number of hydrogen-bond donors (Lipinski definition) is 1. The first-order chi connectivity index (χ1) is 8.45. The summed E-state index contributed by atoms with van der Waals surface area (Å²) in [5.41, 5.74) is -1.33. The van der Waals surface area contributed by atoms with Crippen molar-refractivity contribution >= 4 is 10.9 Å². The van der Waals surface area contributed by atoms with Crippen molar-refractivity contribution < 1.29 is 8.78 Å². The molecule has 0 amide bonds. The van der Waals surface area contributed by atoms with Crippen LogP contribution in [0.5, 0.6) is 0 Å². The number of pyridine rings is 1. The van der Waals surface area contributed by atoms with Crippen molar-refractivity contribution in [1.29, 1.82) is 5.26 Å². The van der Waals surface area contributed by atoms with E-state index in [4.69, 9.17) is 5.26 Å². The van der Waals surface area contributed by atoms with E-state index in [2.05, 4.69) is 15.0 Å². The van der Waals surface area contributed by atoms with E-state index in [9.17, 15) is 13.6 Å². The third kappa shape index (κ3) is 1.72. The number of aromatic nitrogens is 3. The zero-order valence-corrected chi connectivity index (χ0v) is 9.58. The summed E-state index contributed by atoms with van der Waals surface area (Å²) in [7, 11) is 0. The van der Waals surface area contributed by atoms with Crippen molar-refractivity contribution in [3.8, 4) is 6.07 Å². The molecule has 0 saturated carbocycles. The second-order valence-corrected chi connectivity index (χ2v) is 3.74. The number of aryl methyl sites for hydroxylation is 2. The maximum absolute atomic E-state index is 12.8. The summed E-state index contributed by atoms with van der Waals surface area (Å²) in [5.74, 6) is 0.339. The van der Waals surface area contributed by atoms with Crippen LogP contribution in [-0.2, 0) is 0 Å². The lowest BCUT2D eigenvalue weighted by Gasteiger charge is -2.08. The molecule has 0 aliphatic heterocycles. The zero-order chi connectivity index (χ0) is 13.4. The predicted molar refractivity (Wildman–Crippen MR) is 59.3 cm³/mol. The van der Waals surface area contributed by atoms with Gasteiger partial charge in [0, 0.05) is 0 Å². The van der Waals surface area contributed by atoms with E-state index in [0.717, 1.165) is 0 Å². The zero-order valence-electron chi connectivity index (χ0n) is 9.58. The number of aromatic amines is 1. The van der Waals surface area contributed by atoms with Gasteiger partial charge in [0.05, 0.1) is 16.6 Å². The van der Waals surface area contributed by atoms with Gasteiger partial charge in [-0.05, 0) is 13.8 Å². The SMILES string of the molecule is Cc1nc2c(C)nc(C(F)F)c(C#N)c2c(=O)[nH]1. The fourth-order valence-corrected chi connectivity index (χ4v) is 1.77. The first-order valence-corrected chi connectivity index (χ1v) is 5.05. The van der Waals surface area contributed by atoms with Gasteiger partial charge in [-0.25, -0.2) is 18.7 Å². The molecule has 2 rings (SSSR count). The Morgan fingerprint density at radius 3 is 2.56 bits per heavy atom. The van der Waals surface area contributed by atoms with E-state index in [1.54, 1.807) is 13.0 Å². The fourth-order valence-electron chi connectivity index (χ4n) is 1.77. The molecular weight excluding hydrogens is 242 g/mol. The number of halogens is 2. The Bertz CT molecular complexity index is 730. The highest BCUT2D eigenvalue weighted by atomic mass is 19.3. The van der Waals surface area contributed by atoms with Gasteiger partial charge in [0.15, 0.2) is 0 Å². The topological polar surface area (TPSA) is 82.4 Å². The third-order valence-corrected chi connectivity index (χ3v) is 2.49. The molecule has 0 bridgehead atoms. The van der Waals surface area contributed by atoms with Gasteiger partial charge < -0.3 is 4.98 Å². The predicted octanol–water partition coefficient (Wildman–Crippen LogP) is 1.74. The van der Waals surface area contributed by atoms with Gasteiger partial charge in [0.2, 0.25) is 0 Å². The maximum atomic E-state index is 12.8. The highest BCUT2D eigenvalue weighted by Gasteiger charge is 2.22. The van der Waals surface area contributed by atoms with Crippen molar-refractivity contribution in [3.05, 3.63) is 33.1 Å². The van der Waals surface area contributed by atoms with Gasteiger partial charge in [-0.3, -0.25) is 4.79 Å². The van der Waals surface area contributed by atoms with Gasteiger partial charge in [-0.2, -0.15) is 5.26 Å². The van der Waals surface area contributed by atoms with Gasteiger partial charge >= 0.3 is 0 Å². The normalized spacial score (nSPS) is 10.9. The summed E-state index contributed by atoms with van der Waals surface area (Å²) in [4.78, 5) is 21.9. The number of nitriles is 1. The molecule has 2 aromatic heterocycles. The molecule has 0 radical (unpaired) electrons. The highest BCUT2D eigenvalue weighted by molar-refractivity contribution is 5.86. The van der Waals surface area contributed by atoms with E-state index in [1.165, 1.54) is 6.92 Å². The molecule has 0 fully saturated rings. The minimum absolute atomic E-state index is 0.133. The number of hydrogen-bond acceptors (Lipinski definition) is 4. The third-order valence-electron chi connectivity index (χ3n) is 2.49. The maximum Gasteiger partial charge on any atom is 0.281 e. The van der Waals surface area contributed by atoms with E-state index >= 15 is 0 Å². The minimum atomic E-state index is -2.91. The van der Waals surface area contributed by atoms with E-state index in [0.29, 0.717) is 5.82 Å². The highest BCUT2D eigenvalue weighted by Crippen LogP contribution is 2.26. The number of alkyl halides is 2. The number of fused-ring (bicyclic) bond motifs is 1. The molecule has 0 aliphatic rings. The summed E-state index contributed by atoms with van der Waals surface area (Å²) >= 11 is 0. The van der Waals surface area contributed by atoms with Gasteiger partial charge in [-0.15, -0.1) is 0 Å². The van der Waals surface area contributed by atoms with Gasteiger partial charge in [0.25, 0.3) is 12.0 Å². The average molecular weight is 250 g/mol. The molecule has 0 spiro atoms. The van der Waals surface area contributed by atoms with Crippen LogP contribution in [0.2, 0.25) is 0 Å². The van der Waals surface area contributed by atoms with Crippen LogP contribution < -0.4 is 5.56 Å². The second kappa shape index (κ2) is 4.14. The van der Waals surface area contributed by atoms with Gasteiger partial charge in [-0.1, -0.05) is 0 Å². The van der Waals surface area contributed by atoms with Crippen LogP contribution >= 0.6 is 0 Å². The van der Waals surface area contributed by atoms with Crippen LogP contribution in [0.25, 0.3) is 10.9 Å². The van der Waals surface area contributed by atoms with E-state index < -0.39 is 23.2 Å². The van der Waals surface area contributed by atoms with Gasteiger partial charge in [0.1, 0.15) is 23.1 Å². The Morgan fingerprint density at radius 2 is 2.00 bits per heavy atom. The van der Waals surface area contributed by atoms with Crippen LogP contribution in [0, 0.1) is 25.2 Å². The standard InChI is InChI=1S/C11H8F2N4O/c1-4-8-7(11(18)17-5(2)16-8)6(3-14)9(15-4)10(12)13/h10H,1-2H3,(H,16,17,18). The smallest absolute Gasteiger partial charge is 0.281 e. The van der Waals surface area contributed by atoms with E-state index in [-0.39, 0.29) is 16.6 Å². The molecule has 5 nitrogen and oxygen atoms in total. The molecule has 0 aliphatic carbocycles. The van der Waals surface area contributed by atoms with Crippen molar-refractivity contribution in [1.82, 2.24) is 15.0 Å². The molecule has 0 unspecified atom stereocenters. The first kappa shape index (κ1) is 12.1. The largest absolute Gasteiger partial charge is 0.310 e. The Morgan fingerprint density at radius 1 is 1.33 bits per heavy atom. The number of nitrogens with zero attached hydrogens (tertiary/aromatic N) is 3. The Labute approximate surface area is 100 Å². The van der Waals surface area contributed by atoms with Crippen molar-refractivity contribution in [2.75, 3.05) is 0 Å². The summed E-state index contributed by atoms with van der Waals surface area (Å²) in [5, 5.41) is 8.81. The molecule has 2 heterocycles. The minimum Gasteiger partial charge on any atom is -0.310 e. The summed E-state index contributed by atoms with van der Waals surface area (Å²) in [6.45, 7) is 3.04. The monoisotopic (exact) mass is 250 g/mol. The Hall–Kier alpha value is -2.36. The lowest BCUT2D eigenvalue weighted by Crippen LogP contribution is -2.14. The van der Waals surface area contributed by atoms with Crippen LogP contribution in [0.4, 0.5) is 8.78 Å². The summed E-state index contributed by atoms with van der Waals surface area (Å²) < 4.78 is 25.6. The van der Waals surface area contributed by atoms with Crippen molar-refractivity contribution in [2.45, 2.75) is 20.3 Å². The Balaban J connectivity index is 3.07. The van der Waals surface area contributed by atoms with Crippen molar-refractivity contribution in [3.63, 3.8) is 0 Å². The average Bonchev–Trinajstić information content (AvgIpc) is 2.29. The first-order valence-electron chi connectivity index (χ1n) is 5.05. The molecular formula is C11H8F2N4O. The second-order valence-electron chi connectivity index (χ2n) is 3.74. The number of rotatable bonds is 1. The molecule has 0 atom stereocenters. The molecule has 92 valence electrons. The van der Waals surface area contributed by atoms with Crippen molar-refractivity contribution in [2.24, 2.45) is 0 Å². The van der Waals surface area contributed by atoms with Crippen LogP contribution in [-0.4, -0.2) is 15.0 Å². The number of H-pyrrole nitrogens is 1. The molecule has 0 aromatic carbocycles. The van der Waals surface area contributed by atoms with Crippen LogP contribution in [0.1, 0.15) is 29.2 Å². The molecule has 1 N–H and O–H groups in total. The molecule has 0 saturated heterocycles. The Kier molecular flexibility index (Phi) is 2.79. The lowest BCUT2D eigenvalue weighted by molar-refractivity contribution is 0.145. The lowest BCUT2D eigenvalue weighted by atomic mass is 10.1. The summed E-state index contributed by atoms with van der Waals surface area (Å²) in [6.07, 6.45) is -2.91. The molecule has 2 aromatic rings. The summed E-state index contributed by atoms with van der Waals surface area (Å²) in [6, 6.07) is 1.60. The van der Waals surface area contributed by atoms with Crippen LogP contribution in [0.3, 0.4) is 0 Å². The molecule has 18 heavy (non-hydrogen) atoms. The quantitative estimate of drug-likeness (QED) is 0.835.